The molecule has 0 saturated carbocycles. The zero-order valence-corrected chi connectivity index (χ0v) is 11.0. The molecule has 2 aromatic carbocycles. The van der Waals surface area contributed by atoms with E-state index in [-0.39, 0.29) is 5.63 Å². The SMILES string of the molecule is O=c1oc2ccccc2c2nc3cc(Cl)ccc3cc12. The number of hydrogen-bond donors (Lipinski definition) is 0. The third kappa shape index (κ3) is 1.60. The average molecular weight is 282 g/mol. The minimum Gasteiger partial charge on any atom is -0.422 e. The molecule has 3 nitrogen and oxygen atoms in total. The van der Waals surface area contributed by atoms with Crippen LogP contribution >= 0.6 is 11.6 Å². The van der Waals surface area contributed by atoms with Crippen LogP contribution in [0.15, 0.2) is 57.7 Å². The van der Waals surface area contributed by atoms with Crippen molar-refractivity contribution in [2.75, 3.05) is 0 Å². The summed E-state index contributed by atoms with van der Waals surface area (Å²) in [5.74, 6) is 0. The van der Waals surface area contributed by atoms with Gasteiger partial charge in [0.1, 0.15) is 5.58 Å². The largest absolute Gasteiger partial charge is 0.422 e. The van der Waals surface area contributed by atoms with Gasteiger partial charge in [0.2, 0.25) is 0 Å². The number of benzene rings is 2. The molecule has 0 aliphatic heterocycles. The number of nitrogens with zero attached hydrogens (tertiary/aromatic N) is 1. The maximum Gasteiger partial charge on any atom is 0.345 e. The highest BCUT2D eigenvalue weighted by Crippen LogP contribution is 2.25. The Morgan fingerprint density at radius 2 is 1.85 bits per heavy atom. The van der Waals surface area contributed by atoms with Crippen LogP contribution in [-0.2, 0) is 0 Å². The lowest BCUT2D eigenvalue weighted by molar-refractivity contribution is 0.569. The predicted molar refractivity (Wildman–Crippen MR) is 80.3 cm³/mol. The second-order valence-corrected chi connectivity index (χ2v) is 5.04. The van der Waals surface area contributed by atoms with Gasteiger partial charge < -0.3 is 4.42 Å². The minimum absolute atomic E-state index is 0.372. The summed E-state index contributed by atoms with van der Waals surface area (Å²) in [6.07, 6.45) is 0. The van der Waals surface area contributed by atoms with Crippen molar-refractivity contribution in [2.24, 2.45) is 0 Å². The van der Waals surface area contributed by atoms with Gasteiger partial charge >= 0.3 is 5.63 Å². The Hall–Kier alpha value is -2.39. The van der Waals surface area contributed by atoms with Crippen molar-refractivity contribution >= 4 is 44.4 Å². The van der Waals surface area contributed by atoms with Gasteiger partial charge in [-0.25, -0.2) is 9.78 Å². The van der Waals surface area contributed by atoms with Gasteiger partial charge in [-0.05, 0) is 30.3 Å². The van der Waals surface area contributed by atoms with E-state index in [0.717, 1.165) is 16.3 Å². The lowest BCUT2D eigenvalue weighted by Gasteiger charge is -2.04. The van der Waals surface area contributed by atoms with Crippen molar-refractivity contribution in [3.63, 3.8) is 0 Å². The molecule has 0 aliphatic rings. The van der Waals surface area contributed by atoms with E-state index in [0.29, 0.717) is 21.5 Å². The summed E-state index contributed by atoms with van der Waals surface area (Å²) in [7, 11) is 0. The molecule has 0 unspecified atom stereocenters. The van der Waals surface area contributed by atoms with Gasteiger partial charge in [-0.15, -0.1) is 0 Å². The Balaban J connectivity index is 2.30. The predicted octanol–water partition coefficient (Wildman–Crippen LogP) is 4.15. The van der Waals surface area contributed by atoms with Crippen LogP contribution in [0.3, 0.4) is 0 Å². The fourth-order valence-corrected chi connectivity index (χ4v) is 2.57. The molecule has 2 heterocycles. The highest BCUT2D eigenvalue weighted by Gasteiger charge is 2.09. The van der Waals surface area contributed by atoms with Gasteiger partial charge in [0.05, 0.1) is 16.4 Å². The second kappa shape index (κ2) is 4.05. The Morgan fingerprint density at radius 1 is 1.00 bits per heavy atom. The van der Waals surface area contributed by atoms with Gasteiger partial charge in [-0.2, -0.15) is 0 Å². The first kappa shape index (κ1) is 11.4. The van der Waals surface area contributed by atoms with Gasteiger partial charge in [-0.1, -0.05) is 29.8 Å². The van der Waals surface area contributed by atoms with Crippen molar-refractivity contribution in [1.29, 1.82) is 0 Å². The molecule has 0 N–H and O–H groups in total. The van der Waals surface area contributed by atoms with Crippen LogP contribution in [0.1, 0.15) is 0 Å². The highest BCUT2D eigenvalue weighted by atomic mass is 35.5. The summed E-state index contributed by atoms with van der Waals surface area (Å²) in [5.41, 5.74) is 1.58. The normalized spacial score (nSPS) is 11.4. The van der Waals surface area contributed by atoms with Crippen LogP contribution in [-0.4, -0.2) is 4.98 Å². The molecule has 96 valence electrons. The number of pyridine rings is 1. The third-order valence-corrected chi connectivity index (χ3v) is 3.58. The fraction of sp³-hybridized carbons (Fsp3) is 0. The highest BCUT2D eigenvalue weighted by molar-refractivity contribution is 6.31. The topological polar surface area (TPSA) is 43.1 Å². The van der Waals surface area contributed by atoms with Crippen LogP contribution in [0.5, 0.6) is 0 Å². The minimum atomic E-state index is -0.372. The van der Waals surface area contributed by atoms with Crippen molar-refractivity contribution in [2.45, 2.75) is 0 Å². The van der Waals surface area contributed by atoms with E-state index in [4.69, 9.17) is 16.0 Å². The number of fused-ring (bicyclic) bond motifs is 4. The molecule has 0 atom stereocenters. The van der Waals surface area contributed by atoms with E-state index >= 15 is 0 Å². The molecule has 20 heavy (non-hydrogen) atoms. The molecule has 0 aliphatic carbocycles. The summed E-state index contributed by atoms with van der Waals surface area (Å²) >= 11 is 6.00. The Labute approximate surface area is 118 Å². The lowest BCUT2D eigenvalue weighted by atomic mass is 10.1. The standard InChI is InChI=1S/C16H8ClNO2/c17-10-6-5-9-7-12-15(18-13(9)8-10)11-3-1-2-4-14(11)20-16(12)19/h1-8H. The van der Waals surface area contributed by atoms with E-state index in [1.807, 2.05) is 24.3 Å². The van der Waals surface area contributed by atoms with E-state index in [1.165, 1.54) is 0 Å². The molecule has 0 radical (unpaired) electrons. The quantitative estimate of drug-likeness (QED) is 0.276. The van der Waals surface area contributed by atoms with E-state index in [1.54, 1.807) is 24.3 Å². The van der Waals surface area contributed by atoms with Crippen LogP contribution in [0.2, 0.25) is 5.02 Å². The number of para-hydroxylation sites is 1. The van der Waals surface area contributed by atoms with Crippen LogP contribution < -0.4 is 5.63 Å². The van der Waals surface area contributed by atoms with Crippen LogP contribution in [0, 0.1) is 0 Å². The van der Waals surface area contributed by atoms with Crippen molar-refractivity contribution < 1.29 is 4.42 Å². The number of rotatable bonds is 0. The molecule has 0 bridgehead atoms. The number of hydrogen-bond acceptors (Lipinski definition) is 3. The van der Waals surface area contributed by atoms with E-state index in [2.05, 4.69) is 4.98 Å². The maximum atomic E-state index is 12.1. The average Bonchev–Trinajstić information content (AvgIpc) is 2.46. The van der Waals surface area contributed by atoms with Crippen molar-refractivity contribution in [3.05, 3.63) is 64.0 Å². The molecule has 2 aromatic heterocycles. The lowest BCUT2D eigenvalue weighted by Crippen LogP contribution is -2.01. The molecule has 4 aromatic rings. The molecule has 0 spiro atoms. The summed E-state index contributed by atoms with van der Waals surface area (Å²) in [4.78, 5) is 16.7. The molecule has 0 saturated heterocycles. The zero-order chi connectivity index (χ0) is 13.7. The molecular formula is C16H8ClNO2. The molecule has 0 amide bonds. The van der Waals surface area contributed by atoms with Crippen LogP contribution in [0.4, 0.5) is 0 Å². The number of aromatic nitrogens is 1. The maximum absolute atomic E-state index is 12.1. The smallest absolute Gasteiger partial charge is 0.345 e. The van der Waals surface area contributed by atoms with Gasteiger partial charge in [0, 0.05) is 15.8 Å². The van der Waals surface area contributed by atoms with E-state index in [9.17, 15) is 4.79 Å². The fourth-order valence-electron chi connectivity index (χ4n) is 2.41. The van der Waals surface area contributed by atoms with Gasteiger partial charge in [0.15, 0.2) is 0 Å². The third-order valence-electron chi connectivity index (χ3n) is 3.34. The van der Waals surface area contributed by atoms with Gasteiger partial charge in [0.25, 0.3) is 0 Å². The van der Waals surface area contributed by atoms with Crippen molar-refractivity contribution in [1.82, 2.24) is 4.98 Å². The monoisotopic (exact) mass is 281 g/mol. The van der Waals surface area contributed by atoms with Gasteiger partial charge in [-0.3, -0.25) is 0 Å². The number of halogens is 1. The Kier molecular flexibility index (Phi) is 2.32. The summed E-state index contributed by atoms with van der Waals surface area (Å²) < 4.78 is 5.33. The molecule has 4 rings (SSSR count). The Bertz CT molecular complexity index is 1040. The van der Waals surface area contributed by atoms with Crippen LogP contribution in [0.25, 0.3) is 32.8 Å². The molecule has 4 heteroatoms. The Morgan fingerprint density at radius 3 is 2.75 bits per heavy atom. The molecule has 0 fully saturated rings. The van der Waals surface area contributed by atoms with Crippen molar-refractivity contribution in [3.8, 4) is 0 Å². The zero-order valence-electron chi connectivity index (χ0n) is 10.3. The molecular weight excluding hydrogens is 274 g/mol. The van der Waals surface area contributed by atoms with E-state index < -0.39 is 0 Å². The first-order valence-corrected chi connectivity index (χ1v) is 6.52. The summed E-state index contributed by atoms with van der Waals surface area (Å²) in [6, 6.07) is 14.6. The first-order chi connectivity index (χ1) is 9.72. The summed E-state index contributed by atoms with van der Waals surface area (Å²) in [6.45, 7) is 0. The second-order valence-electron chi connectivity index (χ2n) is 4.61. The first-order valence-electron chi connectivity index (χ1n) is 6.14. The summed E-state index contributed by atoms with van der Waals surface area (Å²) in [5, 5.41) is 2.80.